The molecule has 0 saturated heterocycles. The van der Waals surface area contributed by atoms with Crippen LogP contribution in [-0.2, 0) is 16.1 Å². The van der Waals surface area contributed by atoms with Gasteiger partial charge in [-0.25, -0.2) is 0 Å². The van der Waals surface area contributed by atoms with Crippen LogP contribution in [0.1, 0.15) is 37.3 Å². The molecule has 0 spiro atoms. The minimum absolute atomic E-state index is 0.154. The molecule has 1 unspecified atom stereocenters. The topological polar surface area (TPSA) is 57.6 Å². The van der Waals surface area contributed by atoms with Gasteiger partial charge in [0.05, 0.1) is 18.2 Å². The van der Waals surface area contributed by atoms with Gasteiger partial charge in [0.1, 0.15) is 0 Å². The van der Waals surface area contributed by atoms with Crippen LogP contribution in [0.2, 0.25) is 5.02 Å². The molecule has 2 aromatic rings. The molecule has 0 radical (unpaired) electrons. The Kier molecular flexibility index (Phi) is 4.95. The van der Waals surface area contributed by atoms with Crippen LogP contribution in [0.5, 0.6) is 0 Å². The normalized spacial score (nSPS) is 17.9. The summed E-state index contributed by atoms with van der Waals surface area (Å²) in [5, 5.41) is 13.0. The van der Waals surface area contributed by atoms with Gasteiger partial charge in [-0.2, -0.15) is 0 Å². The smallest absolute Gasteiger partial charge is 0.290 e. The number of carbonyl (C=O) groups excluding carboxylic acids is 2. The second-order valence-electron chi connectivity index (χ2n) is 7.31. The Bertz CT molecular complexity index is 863. The SMILES string of the molecule is CC(C)(C)C(=O)C1=C(O)C(=O)N(Cc2cccs2)C1c1ccc(Cl)cc1. The van der Waals surface area contributed by atoms with E-state index in [1.807, 2.05) is 17.5 Å². The second kappa shape index (κ2) is 6.89. The maximum Gasteiger partial charge on any atom is 0.290 e. The predicted octanol–water partition coefficient (Wildman–Crippen LogP) is 4.91. The number of Topliss-reactive ketones (excluding diaryl/α,β-unsaturated/α-hetero) is 1. The number of thiophene rings is 1. The molecule has 0 bridgehead atoms. The molecular weight excluding hydrogens is 370 g/mol. The van der Waals surface area contributed by atoms with Crippen molar-refractivity contribution in [2.24, 2.45) is 5.41 Å². The third kappa shape index (κ3) is 3.41. The number of ketones is 1. The minimum Gasteiger partial charge on any atom is -0.503 e. The number of aliphatic hydroxyl groups excluding tert-OH is 1. The number of rotatable bonds is 4. The van der Waals surface area contributed by atoms with Gasteiger partial charge in [0.25, 0.3) is 5.91 Å². The van der Waals surface area contributed by atoms with E-state index in [4.69, 9.17) is 11.6 Å². The lowest BCUT2D eigenvalue weighted by molar-refractivity contribution is -0.130. The largest absolute Gasteiger partial charge is 0.503 e. The maximum atomic E-state index is 13.0. The summed E-state index contributed by atoms with van der Waals surface area (Å²) in [6.45, 7) is 5.66. The monoisotopic (exact) mass is 389 g/mol. The zero-order valence-corrected chi connectivity index (χ0v) is 16.4. The summed E-state index contributed by atoms with van der Waals surface area (Å²) in [6, 6.07) is 10.2. The number of carbonyl (C=O) groups is 2. The lowest BCUT2D eigenvalue weighted by atomic mass is 9.82. The Morgan fingerprint density at radius 1 is 1.23 bits per heavy atom. The van der Waals surface area contributed by atoms with Gasteiger partial charge >= 0.3 is 0 Å². The molecule has 1 amide bonds. The highest BCUT2D eigenvalue weighted by molar-refractivity contribution is 7.09. The van der Waals surface area contributed by atoms with Crippen LogP contribution in [0.4, 0.5) is 0 Å². The number of amides is 1. The van der Waals surface area contributed by atoms with E-state index in [0.717, 1.165) is 10.4 Å². The van der Waals surface area contributed by atoms with Crippen molar-refractivity contribution >= 4 is 34.6 Å². The van der Waals surface area contributed by atoms with Gasteiger partial charge in [0.15, 0.2) is 11.5 Å². The summed E-state index contributed by atoms with van der Waals surface area (Å²) >= 11 is 7.52. The molecule has 1 N–H and O–H groups in total. The molecule has 0 saturated carbocycles. The first-order valence-electron chi connectivity index (χ1n) is 8.27. The van der Waals surface area contributed by atoms with Crippen molar-refractivity contribution in [1.82, 2.24) is 4.90 Å². The van der Waals surface area contributed by atoms with Gasteiger partial charge in [-0.15, -0.1) is 11.3 Å². The zero-order valence-electron chi connectivity index (χ0n) is 14.8. The lowest BCUT2D eigenvalue weighted by Gasteiger charge is -2.28. The van der Waals surface area contributed by atoms with E-state index in [1.165, 1.54) is 11.3 Å². The van der Waals surface area contributed by atoms with Crippen molar-refractivity contribution in [1.29, 1.82) is 0 Å². The fourth-order valence-electron chi connectivity index (χ4n) is 3.01. The van der Waals surface area contributed by atoms with Gasteiger partial charge in [-0.05, 0) is 29.1 Å². The number of hydrogen-bond acceptors (Lipinski definition) is 4. The van der Waals surface area contributed by atoms with Crippen LogP contribution < -0.4 is 0 Å². The average Bonchev–Trinajstić information content (AvgIpc) is 3.17. The van der Waals surface area contributed by atoms with E-state index in [9.17, 15) is 14.7 Å². The highest BCUT2D eigenvalue weighted by Gasteiger charge is 2.45. The Morgan fingerprint density at radius 2 is 1.88 bits per heavy atom. The third-order valence-corrected chi connectivity index (χ3v) is 5.43. The molecule has 0 fully saturated rings. The van der Waals surface area contributed by atoms with E-state index in [-0.39, 0.29) is 11.4 Å². The van der Waals surface area contributed by atoms with Crippen LogP contribution in [0.3, 0.4) is 0 Å². The molecule has 1 atom stereocenters. The Balaban J connectivity index is 2.09. The van der Waals surface area contributed by atoms with Crippen molar-refractivity contribution < 1.29 is 14.7 Å². The molecule has 0 aliphatic carbocycles. The summed E-state index contributed by atoms with van der Waals surface area (Å²) in [6.07, 6.45) is 0. The van der Waals surface area contributed by atoms with Crippen molar-refractivity contribution in [2.45, 2.75) is 33.4 Å². The molecule has 1 aliphatic heterocycles. The lowest BCUT2D eigenvalue weighted by Crippen LogP contribution is -2.32. The van der Waals surface area contributed by atoms with Crippen molar-refractivity contribution in [2.75, 3.05) is 0 Å². The molecule has 2 heterocycles. The molecule has 1 aliphatic rings. The summed E-state index contributed by atoms with van der Waals surface area (Å²) in [4.78, 5) is 28.3. The fourth-order valence-corrected chi connectivity index (χ4v) is 3.84. The molecule has 3 rings (SSSR count). The second-order valence-corrected chi connectivity index (χ2v) is 8.78. The van der Waals surface area contributed by atoms with E-state index in [0.29, 0.717) is 11.6 Å². The van der Waals surface area contributed by atoms with Gasteiger partial charge in [0, 0.05) is 15.3 Å². The fraction of sp³-hybridized carbons (Fsp3) is 0.300. The Labute approximate surface area is 161 Å². The summed E-state index contributed by atoms with van der Waals surface area (Å²) in [5.41, 5.74) is 0.185. The van der Waals surface area contributed by atoms with Crippen molar-refractivity contribution in [3.8, 4) is 0 Å². The summed E-state index contributed by atoms with van der Waals surface area (Å²) in [7, 11) is 0. The number of aliphatic hydroxyl groups is 1. The van der Waals surface area contributed by atoms with E-state index in [1.54, 1.807) is 49.9 Å². The Morgan fingerprint density at radius 3 is 2.42 bits per heavy atom. The molecule has 1 aromatic heterocycles. The predicted molar refractivity (Wildman–Crippen MR) is 103 cm³/mol. The van der Waals surface area contributed by atoms with Gasteiger partial charge in [-0.3, -0.25) is 9.59 Å². The van der Waals surface area contributed by atoms with E-state index in [2.05, 4.69) is 0 Å². The zero-order chi connectivity index (χ0) is 19.1. The molecule has 136 valence electrons. The standard InChI is InChI=1S/C20H20ClNO3S/c1-20(2,3)18(24)15-16(12-6-8-13(21)9-7-12)22(19(25)17(15)23)11-14-5-4-10-26-14/h4-10,16,23H,11H2,1-3H3. The van der Waals surface area contributed by atoms with Crippen LogP contribution in [-0.4, -0.2) is 21.7 Å². The van der Waals surface area contributed by atoms with Crippen LogP contribution >= 0.6 is 22.9 Å². The van der Waals surface area contributed by atoms with Crippen LogP contribution in [0.25, 0.3) is 0 Å². The van der Waals surface area contributed by atoms with Crippen molar-refractivity contribution in [3.05, 3.63) is 68.6 Å². The molecule has 6 heteroatoms. The number of hydrogen-bond donors (Lipinski definition) is 1. The summed E-state index contributed by atoms with van der Waals surface area (Å²) in [5.74, 6) is -1.22. The molecule has 1 aromatic carbocycles. The number of halogens is 1. The summed E-state index contributed by atoms with van der Waals surface area (Å²) < 4.78 is 0. The van der Waals surface area contributed by atoms with E-state index < -0.39 is 23.1 Å². The maximum absolute atomic E-state index is 13.0. The van der Waals surface area contributed by atoms with Crippen LogP contribution in [0, 0.1) is 5.41 Å². The number of nitrogens with zero attached hydrogens (tertiary/aromatic N) is 1. The molecule has 26 heavy (non-hydrogen) atoms. The van der Waals surface area contributed by atoms with Crippen LogP contribution in [0.15, 0.2) is 53.1 Å². The van der Waals surface area contributed by atoms with E-state index >= 15 is 0 Å². The first-order valence-corrected chi connectivity index (χ1v) is 9.52. The third-order valence-electron chi connectivity index (χ3n) is 4.32. The highest BCUT2D eigenvalue weighted by atomic mass is 35.5. The van der Waals surface area contributed by atoms with Gasteiger partial charge < -0.3 is 10.0 Å². The highest BCUT2D eigenvalue weighted by Crippen LogP contribution is 2.42. The minimum atomic E-state index is -0.715. The number of benzene rings is 1. The van der Waals surface area contributed by atoms with Gasteiger partial charge in [0.2, 0.25) is 0 Å². The molecule has 4 nitrogen and oxygen atoms in total. The van der Waals surface area contributed by atoms with Gasteiger partial charge in [-0.1, -0.05) is 50.6 Å². The quantitative estimate of drug-likeness (QED) is 0.808. The first kappa shape index (κ1) is 18.7. The molecular formula is C20H20ClNO3S. The first-order chi connectivity index (χ1) is 12.2. The van der Waals surface area contributed by atoms with Crippen molar-refractivity contribution in [3.63, 3.8) is 0 Å². The average molecular weight is 390 g/mol. The Hall–Kier alpha value is -2.11.